The molecule has 2 aromatic heterocycles. The van der Waals surface area contributed by atoms with Crippen molar-refractivity contribution < 1.29 is 14.6 Å². The molecule has 1 saturated heterocycles. The normalized spacial score (nSPS) is 16.0. The van der Waals surface area contributed by atoms with E-state index in [-0.39, 0.29) is 12.3 Å². The van der Waals surface area contributed by atoms with E-state index in [0.717, 1.165) is 11.3 Å². The largest absolute Gasteiger partial charge is 0.493 e. The van der Waals surface area contributed by atoms with Crippen LogP contribution in [0.5, 0.6) is 5.75 Å². The number of benzene rings is 1. The predicted octanol–water partition coefficient (Wildman–Crippen LogP) is 2.62. The molecule has 29 heavy (non-hydrogen) atoms. The summed E-state index contributed by atoms with van der Waals surface area (Å²) in [5, 5.41) is 10.1. The van der Waals surface area contributed by atoms with Crippen molar-refractivity contribution in [2.45, 2.75) is 31.8 Å². The lowest BCUT2D eigenvalue weighted by atomic mass is 9.93. The number of hydrogen-bond donors (Lipinski definition) is 1. The quantitative estimate of drug-likeness (QED) is 0.734. The third-order valence-corrected chi connectivity index (χ3v) is 5.38. The maximum absolute atomic E-state index is 12.7. The molecule has 1 aromatic carbocycles. The van der Waals surface area contributed by atoms with Crippen LogP contribution in [0.1, 0.15) is 25.5 Å². The van der Waals surface area contributed by atoms with Gasteiger partial charge in [-0.2, -0.15) is 0 Å². The Bertz CT molecular complexity index is 1030. The number of amides is 1. The molecule has 3 heterocycles. The van der Waals surface area contributed by atoms with Crippen LogP contribution >= 0.6 is 0 Å². The van der Waals surface area contributed by atoms with Crippen molar-refractivity contribution in [2.24, 2.45) is 0 Å². The maximum atomic E-state index is 12.7. The molecule has 150 valence electrons. The van der Waals surface area contributed by atoms with Crippen molar-refractivity contribution in [3.05, 3.63) is 48.4 Å². The summed E-state index contributed by atoms with van der Waals surface area (Å²) < 4.78 is 5.43. The van der Waals surface area contributed by atoms with Crippen LogP contribution in [-0.4, -0.2) is 56.7 Å². The Labute approximate surface area is 169 Å². The van der Waals surface area contributed by atoms with Gasteiger partial charge in [-0.05, 0) is 19.8 Å². The molecule has 1 amide bonds. The molecular formula is C22H24N4O3. The fraction of sp³-hybridized carbons (Fsp3) is 0.364. The molecule has 7 heteroatoms. The number of fused-ring (bicyclic) bond motifs is 1. The maximum Gasteiger partial charge on any atom is 0.228 e. The summed E-state index contributed by atoms with van der Waals surface area (Å²) >= 11 is 0. The minimum absolute atomic E-state index is 0.00884. The highest BCUT2D eigenvalue weighted by Crippen LogP contribution is 2.30. The molecule has 3 aromatic rings. The Morgan fingerprint density at radius 1 is 1.14 bits per heavy atom. The lowest BCUT2D eigenvalue weighted by molar-refractivity contribution is -0.134. The lowest BCUT2D eigenvalue weighted by Crippen LogP contribution is -2.45. The number of likely N-dealkylation sites (tertiary alicyclic amines) is 1. The number of nitrogens with zero attached hydrogens (tertiary/aromatic N) is 4. The number of methoxy groups -OCH3 is 1. The van der Waals surface area contributed by atoms with E-state index in [4.69, 9.17) is 4.74 Å². The topological polar surface area (TPSA) is 88.4 Å². The van der Waals surface area contributed by atoms with Crippen molar-refractivity contribution in [3.8, 4) is 17.0 Å². The van der Waals surface area contributed by atoms with Gasteiger partial charge in [0.1, 0.15) is 11.0 Å². The fourth-order valence-electron chi connectivity index (χ4n) is 3.56. The standard InChI is InChI=1S/C22H24N4O3/c1-22(28)8-10-26(11-9-22)18(27)12-16-13-23-21-19(15-6-4-3-5-7-15)24-14-17(29-2)20(21)25-16/h3-7,13-14,28H,8-12H2,1-2H3. The predicted molar refractivity (Wildman–Crippen MR) is 109 cm³/mol. The second-order valence-electron chi connectivity index (χ2n) is 7.65. The average Bonchev–Trinajstić information content (AvgIpc) is 2.73. The second kappa shape index (κ2) is 7.75. The van der Waals surface area contributed by atoms with E-state index in [2.05, 4.69) is 15.0 Å². The smallest absolute Gasteiger partial charge is 0.228 e. The van der Waals surface area contributed by atoms with Gasteiger partial charge >= 0.3 is 0 Å². The van der Waals surface area contributed by atoms with Gasteiger partial charge in [-0.25, -0.2) is 9.97 Å². The molecule has 0 unspecified atom stereocenters. The molecule has 0 spiro atoms. The van der Waals surface area contributed by atoms with E-state index in [1.807, 2.05) is 37.3 Å². The van der Waals surface area contributed by atoms with E-state index in [9.17, 15) is 9.90 Å². The average molecular weight is 392 g/mol. The van der Waals surface area contributed by atoms with Gasteiger partial charge in [0.25, 0.3) is 0 Å². The third kappa shape index (κ3) is 4.05. The van der Waals surface area contributed by atoms with Crippen LogP contribution in [0, 0.1) is 0 Å². The van der Waals surface area contributed by atoms with E-state index >= 15 is 0 Å². The summed E-state index contributed by atoms with van der Waals surface area (Å²) in [5.41, 5.74) is 2.80. The summed E-state index contributed by atoms with van der Waals surface area (Å²) in [6.07, 6.45) is 4.60. The summed E-state index contributed by atoms with van der Waals surface area (Å²) in [4.78, 5) is 28.2. The number of aromatic nitrogens is 3. The number of pyridine rings is 1. The molecule has 1 aliphatic rings. The van der Waals surface area contributed by atoms with Crippen molar-refractivity contribution in [3.63, 3.8) is 0 Å². The first kappa shape index (κ1) is 19.3. The van der Waals surface area contributed by atoms with E-state index in [1.165, 1.54) is 0 Å². The molecule has 1 aliphatic heterocycles. The molecule has 0 aliphatic carbocycles. The van der Waals surface area contributed by atoms with E-state index in [1.54, 1.807) is 24.4 Å². The van der Waals surface area contributed by atoms with Gasteiger partial charge in [-0.3, -0.25) is 9.78 Å². The van der Waals surface area contributed by atoms with Crippen LogP contribution in [0.25, 0.3) is 22.3 Å². The van der Waals surface area contributed by atoms with Crippen molar-refractivity contribution >= 4 is 16.9 Å². The van der Waals surface area contributed by atoms with Gasteiger partial charge < -0.3 is 14.7 Å². The van der Waals surface area contributed by atoms with Crippen LogP contribution in [-0.2, 0) is 11.2 Å². The monoisotopic (exact) mass is 392 g/mol. The molecule has 0 radical (unpaired) electrons. The Hall–Kier alpha value is -3.06. The van der Waals surface area contributed by atoms with Gasteiger partial charge in [-0.15, -0.1) is 0 Å². The number of hydrogen-bond acceptors (Lipinski definition) is 6. The highest BCUT2D eigenvalue weighted by Gasteiger charge is 2.29. The Morgan fingerprint density at radius 2 is 1.86 bits per heavy atom. The van der Waals surface area contributed by atoms with Crippen molar-refractivity contribution in [1.82, 2.24) is 19.9 Å². The van der Waals surface area contributed by atoms with Crippen LogP contribution in [0.3, 0.4) is 0 Å². The molecule has 7 nitrogen and oxygen atoms in total. The Balaban J connectivity index is 1.63. The third-order valence-electron chi connectivity index (χ3n) is 5.38. The second-order valence-corrected chi connectivity index (χ2v) is 7.65. The van der Waals surface area contributed by atoms with Crippen molar-refractivity contribution in [1.29, 1.82) is 0 Å². The SMILES string of the molecule is COc1cnc(-c2ccccc2)c2ncc(CC(=O)N3CCC(C)(O)CC3)nc12. The molecule has 0 saturated carbocycles. The number of piperidine rings is 1. The number of carbonyl (C=O) groups is 1. The molecular weight excluding hydrogens is 368 g/mol. The zero-order chi connectivity index (χ0) is 20.4. The van der Waals surface area contributed by atoms with Gasteiger partial charge in [-0.1, -0.05) is 30.3 Å². The number of rotatable bonds is 4. The molecule has 0 atom stereocenters. The van der Waals surface area contributed by atoms with Crippen LogP contribution in [0.2, 0.25) is 0 Å². The highest BCUT2D eigenvalue weighted by atomic mass is 16.5. The minimum Gasteiger partial charge on any atom is -0.493 e. The first-order valence-electron chi connectivity index (χ1n) is 9.71. The number of ether oxygens (including phenoxy) is 1. The van der Waals surface area contributed by atoms with Gasteiger partial charge in [0.2, 0.25) is 5.91 Å². The van der Waals surface area contributed by atoms with Crippen molar-refractivity contribution in [2.75, 3.05) is 20.2 Å². The zero-order valence-corrected chi connectivity index (χ0v) is 16.6. The Morgan fingerprint density at radius 3 is 2.55 bits per heavy atom. The minimum atomic E-state index is -0.687. The number of aliphatic hydroxyl groups is 1. The molecule has 0 bridgehead atoms. The first-order valence-corrected chi connectivity index (χ1v) is 9.71. The molecule has 1 N–H and O–H groups in total. The van der Waals surface area contributed by atoms with E-state index < -0.39 is 5.60 Å². The van der Waals surface area contributed by atoms with Crippen LogP contribution in [0.15, 0.2) is 42.7 Å². The summed E-state index contributed by atoms with van der Waals surface area (Å²) in [6.45, 7) is 2.92. The molecule has 4 rings (SSSR count). The highest BCUT2D eigenvalue weighted by molar-refractivity contribution is 5.92. The van der Waals surface area contributed by atoms with Gasteiger partial charge in [0.15, 0.2) is 5.75 Å². The molecule has 1 fully saturated rings. The number of carbonyl (C=O) groups excluding carboxylic acids is 1. The van der Waals surface area contributed by atoms with Crippen LogP contribution < -0.4 is 4.74 Å². The summed E-state index contributed by atoms with van der Waals surface area (Å²) in [6, 6.07) is 9.79. The zero-order valence-electron chi connectivity index (χ0n) is 16.6. The van der Waals surface area contributed by atoms with Crippen LogP contribution in [0.4, 0.5) is 0 Å². The van der Waals surface area contributed by atoms with Gasteiger partial charge in [0.05, 0.1) is 36.7 Å². The Kier molecular flexibility index (Phi) is 5.15. The fourth-order valence-corrected chi connectivity index (χ4v) is 3.56. The summed E-state index contributed by atoms with van der Waals surface area (Å²) in [5.74, 6) is 0.515. The van der Waals surface area contributed by atoms with E-state index in [0.29, 0.717) is 48.4 Å². The lowest BCUT2D eigenvalue weighted by Gasteiger charge is -2.35. The summed E-state index contributed by atoms with van der Waals surface area (Å²) in [7, 11) is 1.57. The van der Waals surface area contributed by atoms with Gasteiger partial charge in [0, 0.05) is 24.8 Å². The first-order chi connectivity index (χ1) is 14.0.